The number of rotatable bonds is 2. The molecule has 0 amide bonds. The van der Waals surface area contributed by atoms with Gasteiger partial charge in [-0.05, 0) is 61.1 Å². The van der Waals surface area contributed by atoms with Crippen LogP contribution in [0.3, 0.4) is 0 Å². The average Bonchev–Trinajstić information content (AvgIpc) is 2.98. The average molecular weight is 435 g/mol. The summed E-state index contributed by atoms with van der Waals surface area (Å²) in [6.45, 7) is 5.58. The first kappa shape index (κ1) is 19.5. The smallest absolute Gasteiger partial charge is 0.328 e. The van der Waals surface area contributed by atoms with E-state index in [1.165, 1.54) is 23.4 Å². The predicted molar refractivity (Wildman–Crippen MR) is 106 cm³/mol. The molecule has 27 heavy (non-hydrogen) atoms. The first-order valence-electron chi connectivity index (χ1n) is 8.91. The number of carbonyl (C=O) groups is 2. The topological polar surface area (TPSA) is 98.7 Å². The molecule has 4 N–H and O–H groups in total. The molecule has 144 valence electrons. The van der Waals surface area contributed by atoms with E-state index >= 15 is 0 Å². The molecule has 2 aliphatic carbocycles. The zero-order valence-electron chi connectivity index (χ0n) is 15.3. The monoisotopic (exact) mass is 434 g/mol. The highest BCUT2D eigenvalue weighted by atomic mass is 79.9. The molecule has 0 bridgehead atoms. The van der Waals surface area contributed by atoms with Crippen LogP contribution in [0.1, 0.15) is 26.7 Å². The van der Waals surface area contributed by atoms with Crippen molar-refractivity contribution in [3.63, 3.8) is 0 Å². The van der Waals surface area contributed by atoms with Crippen molar-refractivity contribution in [1.82, 2.24) is 10.6 Å². The third-order valence-corrected chi connectivity index (χ3v) is 5.73. The standard InChI is InChI=1S/C16H19BrN2.C4H4O4/c1-8-3-13-12(9(2)19-8)4-10-7-18-15-6-11(17)5-14(13)16(10)15;5-3(6)1-2-4(7)8/h3,6,9-11,18-19H,4-5,7H2,1-2H3;1-2H,(H,5,6)(H,7,8)/b;2-1-. The number of carboxylic acid groups (broad SMARTS) is 2. The van der Waals surface area contributed by atoms with E-state index in [9.17, 15) is 9.59 Å². The van der Waals surface area contributed by atoms with Crippen molar-refractivity contribution in [3.8, 4) is 0 Å². The van der Waals surface area contributed by atoms with Gasteiger partial charge >= 0.3 is 11.9 Å². The van der Waals surface area contributed by atoms with Gasteiger partial charge in [0, 0.05) is 46.9 Å². The fraction of sp³-hybridized carbons (Fsp3) is 0.400. The third-order valence-electron chi connectivity index (χ3n) is 5.14. The van der Waals surface area contributed by atoms with Crippen molar-refractivity contribution in [2.45, 2.75) is 37.6 Å². The van der Waals surface area contributed by atoms with Crippen molar-refractivity contribution >= 4 is 27.9 Å². The van der Waals surface area contributed by atoms with Gasteiger partial charge in [0.05, 0.1) is 0 Å². The molecule has 3 unspecified atom stereocenters. The summed E-state index contributed by atoms with van der Waals surface area (Å²) < 4.78 is 0. The van der Waals surface area contributed by atoms with Crippen LogP contribution >= 0.6 is 15.9 Å². The summed E-state index contributed by atoms with van der Waals surface area (Å²) >= 11 is 3.79. The minimum absolute atomic E-state index is 0.471. The molecule has 2 aliphatic heterocycles. The van der Waals surface area contributed by atoms with Gasteiger partial charge in [-0.2, -0.15) is 0 Å². The summed E-state index contributed by atoms with van der Waals surface area (Å²) in [5.74, 6) is -1.82. The molecule has 2 heterocycles. The molecule has 6 nitrogen and oxygen atoms in total. The number of halogens is 1. The number of nitrogens with one attached hydrogen (secondary N) is 2. The fourth-order valence-corrected chi connectivity index (χ4v) is 4.76. The van der Waals surface area contributed by atoms with E-state index in [2.05, 4.69) is 52.6 Å². The molecule has 0 spiro atoms. The van der Waals surface area contributed by atoms with E-state index in [1.807, 2.05) is 0 Å². The number of allylic oxidation sites excluding steroid dienone is 6. The van der Waals surface area contributed by atoms with Crippen LogP contribution in [0.25, 0.3) is 0 Å². The molecule has 1 fully saturated rings. The highest BCUT2D eigenvalue weighted by Gasteiger charge is 2.39. The summed E-state index contributed by atoms with van der Waals surface area (Å²) in [4.78, 5) is 19.6. The quantitative estimate of drug-likeness (QED) is 0.394. The van der Waals surface area contributed by atoms with Crippen LogP contribution in [-0.4, -0.2) is 39.6 Å². The van der Waals surface area contributed by atoms with E-state index in [1.54, 1.807) is 16.7 Å². The highest BCUT2D eigenvalue weighted by molar-refractivity contribution is 9.09. The van der Waals surface area contributed by atoms with Crippen molar-refractivity contribution < 1.29 is 19.8 Å². The summed E-state index contributed by atoms with van der Waals surface area (Å²) in [5, 5.41) is 22.8. The zero-order valence-corrected chi connectivity index (χ0v) is 16.8. The summed E-state index contributed by atoms with van der Waals surface area (Å²) in [5.41, 5.74) is 9.01. The van der Waals surface area contributed by atoms with Crippen LogP contribution in [0.2, 0.25) is 0 Å². The number of hydrogen-bond donors (Lipinski definition) is 4. The van der Waals surface area contributed by atoms with Crippen LogP contribution in [0.5, 0.6) is 0 Å². The maximum atomic E-state index is 9.55. The van der Waals surface area contributed by atoms with Gasteiger partial charge in [-0.1, -0.05) is 15.9 Å². The second kappa shape index (κ2) is 7.76. The predicted octanol–water partition coefficient (Wildman–Crippen LogP) is 2.86. The van der Waals surface area contributed by atoms with Crippen LogP contribution in [0.15, 0.2) is 58.0 Å². The second-order valence-electron chi connectivity index (χ2n) is 7.12. The van der Waals surface area contributed by atoms with Gasteiger partial charge in [0.15, 0.2) is 0 Å². The number of hydrogen-bond acceptors (Lipinski definition) is 4. The SMILES string of the molecule is CC1=CC2=C(CC3CNC4=CC(Br)CC2=C43)C(C)N1.O=C(O)/C=C\C(=O)O. The molecular formula is C20H23BrN2O4. The van der Waals surface area contributed by atoms with E-state index in [0.717, 1.165) is 13.0 Å². The largest absolute Gasteiger partial charge is 0.478 e. The maximum absolute atomic E-state index is 9.55. The number of alkyl halides is 1. The van der Waals surface area contributed by atoms with E-state index in [4.69, 9.17) is 10.2 Å². The Bertz CT molecular complexity index is 819. The molecular weight excluding hydrogens is 412 g/mol. The zero-order chi connectivity index (χ0) is 19.7. The number of carboxylic acids is 2. The lowest BCUT2D eigenvalue weighted by Crippen LogP contribution is -2.34. The Balaban J connectivity index is 0.000000226. The van der Waals surface area contributed by atoms with Gasteiger partial charge in [0.2, 0.25) is 0 Å². The number of dihydropyridines is 1. The van der Waals surface area contributed by atoms with Crippen molar-refractivity contribution in [2.24, 2.45) is 5.92 Å². The minimum Gasteiger partial charge on any atom is -0.478 e. The molecule has 0 aromatic rings. The molecule has 3 atom stereocenters. The molecule has 7 heteroatoms. The van der Waals surface area contributed by atoms with Crippen molar-refractivity contribution in [3.05, 3.63) is 58.0 Å². The van der Waals surface area contributed by atoms with Crippen LogP contribution in [-0.2, 0) is 9.59 Å². The van der Waals surface area contributed by atoms with Crippen molar-refractivity contribution in [1.29, 1.82) is 0 Å². The van der Waals surface area contributed by atoms with Gasteiger partial charge in [-0.25, -0.2) is 9.59 Å². The van der Waals surface area contributed by atoms with Gasteiger partial charge in [-0.15, -0.1) is 0 Å². The summed E-state index contributed by atoms with van der Waals surface area (Å²) in [6.07, 6.45) is 8.17. The Kier molecular flexibility index (Phi) is 5.60. The van der Waals surface area contributed by atoms with Gasteiger partial charge in [-0.3, -0.25) is 0 Å². The normalized spacial score (nSPS) is 28.2. The van der Waals surface area contributed by atoms with Crippen LogP contribution in [0.4, 0.5) is 0 Å². The molecule has 4 rings (SSSR count). The van der Waals surface area contributed by atoms with Crippen molar-refractivity contribution in [2.75, 3.05) is 6.54 Å². The molecule has 0 radical (unpaired) electrons. The van der Waals surface area contributed by atoms with Gasteiger partial charge in [0.25, 0.3) is 0 Å². The Hall–Kier alpha value is -2.28. The lowest BCUT2D eigenvalue weighted by molar-refractivity contribution is -0.134. The number of aliphatic carboxylic acids is 2. The minimum atomic E-state index is -1.26. The summed E-state index contributed by atoms with van der Waals surface area (Å²) in [7, 11) is 0. The Labute approximate surface area is 166 Å². The fourth-order valence-electron chi connectivity index (χ4n) is 4.17. The Morgan fingerprint density at radius 3 is 2.52 bits per heavy atom. The molecule has 1 saturated heterocycles. The Morgan fingerprint density at radius 1 is 1.22 bits per heavy atom. The van der Waals surface area contributed by atoms with Crippen LogP contribution in [0, 0.1) is 5.92 Å². The first-order valence-corrected chi connectivity index (χ1v) is 9.83. The number of fused-ring (bicyclic) bond motifs is 1. The molecule has 0 aromatic heterocycles. The maximum Gasteiger partial charge on any atom is 0.328 e. The molecule has 0 aromatic carbocycles. The van der Waals surface area contributed by atoms with E-state index in [0.29, 0.717) is 28.9 Å². The van der Waals surface area contributed by atoms with E-state index in [-0.39, 0.29) is 0 Å². The van der Waals surface area contributed by atoms with E-state index < -0.39 is 11.9 Å². The molecule has 0 saturated carbocycles. The third kappa shape index (κ3) is 4.18. The lowest BCUT2D eigenvalue weighted by Gasteiger charge is -2.36. The second-order valence-corrected chi connectivity index (χ2v) is 8.29. The van der Waals surface area contributed by atoms with Gasteiger partial charge in [0.1, 0.15) is 0 Å². The molecule has 4 aliphatic rings. The first-order chi connectivity index (χ1) is 12.8. The Morgan fingerprint density at radius 2 is 1.89 bits per heavy atom. The highest BCUT2D eigenvalue weighted by Crippen LogP contribution is 2.47. The lowest BCUT2D eigenvalue weighted by atomic mass is 9.73. The summed E-state index contributed by atoms with van der Waals surface area (Å²) in [6, 6.07) is 0.484. The van der Waals surface area contributed by atoms with Gasteiger partial charge < -0.3 is 20.8 Å². The van der Waals surface area contributed by atoms with Crippen LogP contribution < -0.4 is 10.6 Å².